The number of aromatic nitrogens is 1. The number of benzene rings is 1. The molecule has 1 heterocycles. The highest BCUT2D eigenvalue weighted by atomic mass is 32.1. The van der Waals surface area contributed by atoms with Crippen LogP contribution in [0.15, 0.2) is 24.3 Å². The zero-order valence-electron chi connectivity index (χ0n) is 17.3. The third kappa shape index (κ3) is 5.11. The second-order valence-electron chi connectivity index (χ2n) is 7.81. The Balaban J connectivity index is 2.55. The molecule has 1 aromatic heterocycles. The lowest BCUT2D eigenvalue weighted by Crippen LogP contribution is -2.54. The van der Waals surface area contributed by atoms with Crippen molar-refractivity contribution in [1.82, 2.24) is 9.69 Å². The van der Waals surface area contributed by atoms with Crippen LogP contribution in [0.2, 0.25) is 0 Å². The molecule has 29 heavy (non-hydrogen) atoms. The van der Waals surface area contributed by atoms with Gasteiger partial charge in [0.25, 0.3) is 11.8 Å². The predicted octanol–water partition coefficient (Wildman–Crippen LogP) is 2.47. The van der Waals surface area contributed by atoms with Gasteiger partial charge in [0.1, 0.15) is 10.9 Å². The molecule has 0 fully saturated rings. The summed E-state index contributed by atoms with van der Waals surface area (Å²) in [6.45, 7) is 9.37. The Hall–Kier alpha value is -2.94. The maximum absolute atomic E-state index is 13.4. The van der Waals surface area contributed by atoms with Crippen LogP contribution in [0.4, 0.5) is 11.4 Å². The standard InChI is InChI=1S/C20H27N5O3S/c1-6-13(18(27)23-20(3,4)5)25(12-9-7-11(2)8-10-12)19(28)16-14(21)15(17(22)26)24-29-16/h7-10,13H,6,21H2,1-5H3,(H2,22,26)(H,23,27). The first-order valence-electron chi connectivity index (χ1n) is 9.23. The van der Waals surface area contributed by atoms with Crippen molar-refractivity contribution >= 4 is 40.6 Å². The maximum atomic E-state index is 13.4. The zero-order chi connectivity index (χ0) is 21.9. The van der Waals surface area contributed by atoms with Gasteiger partial charge in [-0.05, 0) is 57.8 Å². The first-order chi connectivity index (χ1) is 13.5. The van der Waals surface area contributed by atoms with Crippen LogP contribution in [0, 0.1) is 6.92 Å². The van der Waals surface area contributed by atoms with Crippen LogP contribution in [0.3, 0.4) is 0 Å². The van der Waals surface area contributed by atoms with Gasteiger partial charge in [0.05, 0.1) is 5.69 Å². The second-order valence-corrected chi connectivity index (χ2v) is 8.59. The lowest BCUT2D eigenvalue weighted by Gasteiger charge is -2.32. The Kier molecular flexibility index (Phi) is 6.63. The van der Waals surface area contributed by atoms with Crippen LogP contribution < -0.4 is 21.7 Å². The first kappa shape index (κ1) is 22.4. The van der Waals surface area contributed by atoms with Crippen LogP contribution in [-0.4, -0.2) is 33.7 Å². The molecule has 5 N–H and O–H groups in total. The second kappa shape index (κ2) is 8.60. The number of nitrogens with zero attached hydrogens (tertiary/aromatic N) is 2. The third-order valence-corrected chi connectivity index (χ3v) is 5.04. The van der Waals surface area contributed by atoms with Crippen molar-refractivity contribution in [2.45, 2.75) is 52.6 Å². The molecule has 0 saturated carbocycles. The monoisotopic (exact) mass is 417 g/mol. The van der Waals surface area contributed by atoms with Gasteiger partial charge >= 0.3 is 0 Å². The van der Waals surface area contributed by atoms with Crippen molar-refractivity contribution in [3.63, 3.8) is 0 Å². The van der Waals surface area contributed by atoms with Crippen LogP contribution in [0.5, 0.6) is 0 Å². The van der Waals surface area contributed by atoms with E-state index in [2.05, 4.69) is 9.69 Å². The quantitative estimate of drug-likeness (QED) is 0.664. The van der Waals surface area contributed by atoms with E-state index in [-0.39, 0.29) is 22.2 Å². The summed E-state index contributed by atoms with van der Waals surface area (Å²) < 4.78 is 3.91. The fraction of sp³-hybridized carbons (Fsp3) is 0.400. The van der Waals surface area contributed by atoms with Gasteiger partial charge < -0.3 is 16.8 Å². The Morgan fingerprint density at radius 2 is 1.79 bits per heavy atom. The minimum absolute atomic E-state index is 0.0707. The van der Waals surface area contributed by atoms with Gasteiger partial charge in [0.2, 0.25) is 5.91 Å². The van der Waals surface area contributed by atoms with Crippen molar-refractivity contribution in [3.8, 4) is 0 Å². The molecule has 0 bridgehead atoms. The third-order valence-electron chi connectivity index (χ3n) is 4.19. The van der Waals surface area contributed by atoms with Crippen LogP contribution in [-0.2, 0) is 4.79 Å². The topological polar surface area (TPSA) is 131 Å². The van der Waals surface area contributed by atoms with Crippen LogP contribution in [0.1, 0.15) is 59.8 Å². The summed E-state index contributed by atoms with van der Waals surface area (Å²) in [6, 6.07) is 6.48. The molecule has 1 aromatic carbocycles. The van der Waals surface area contributed by atoms with E-state index in [0.717, 1.165) is 17.1 Å². The fourth-order valence-corrected chi connectivity index (χ4v) is 3.56. The lowest BCUT2D eigenvalue weighted by atomic mass is 10.0. The van der Waals surface area contributed by atoms with Gasteiger partial charge in [0.15, 0.2) is 5.69 Å². The molecular formula is C20H27N5O3S. The number of aryl methyl sites for hydroxylation is 1. The number of nitrogen functional groups attached to an aromatic ring is 1. The van der Waals surface area contributed by atoms with Gasteiger partial charge in [-0.3, -0.25) is 19.3 Å². The van der Waals surface area contributed by atoms with Crippen molar-refractivity contribution in [1.29, 1.82) is 0 Å². The Morgan fingerprint density at radius 3 is 2.24 bits per heavy atom. The number of carbonyl (C=O) groups excluding carboxylic acids is 3. The zero-order valence-corrected chi connectivity index (χ0v) is 18.1. The lowest BCUT2D eigenvalue weighted by molar-refractivity contribution is -0.123. The molecule has 2 aromatic rings. The SMILES string of the molecule is CCC(C(=O)NC(C)(C)C)N(C(=O)c1snc(C(N)=O)c1N)c1ccc(C)cc1. The summed E-state index contributed by atoms with van der Waals surface area (Å²) in [6.07, 6.45) is 0.378. The first-order valence-corrected chi connectivity index (χ1v) is 10.0. The normalized spacial score (nSPS) is 12.3. The molecule has 0 spiro atoms. The Morgan fingerprint density at radius 1 is 1.21 bits per heavy atom. The van der Waals surface area contributed by atoms with E-state index >= 15 is 0 Å². The highest BCUT2D eigenvalue weighted by Crippen LogP contribution is 2.28. The summed E-state index contributed by atoms with van der Waals surface area (Å²) in [5.41, 5.74) is 12.1. The Labute approximate surface area is 174 Å². The van der Waals surface area contributed by atoms with Gasteiger partial charge in [-0.25, -0.2) is 0 Å². The number of nitrogens with one attached hydrogen (secondary N) is 1. The average Bonchev–Trinajstić information content (AvgIpc) is 3.00. The maximum Gasteiger partial charge on any atom is 0.272 e. The average molecular weight is 418 g/mol. The van der Waals surface area contributed by atoms with E-state index in [0.29, 0.717) is 12.1 Å². The predicted molar refractivity (Wildman–Crippen MR) is 115 cm³/mol. The van der Waals surface area contributed by atoms with Gasteiger partial charge in [0, 0.05) is 11.2 Å². The summed E-state index contributed by atoms with van der Waals surface area (Å²) in [5.74, 6) is -1.60. The number of hydrogen-bond donors (Lipinski definition) is 3. The number of rotatable bonds is 6. The molecule has 156 valence electrons. The highest BCUT2D eigenvalue weighted by molar-refractivity contribution is 7.09. The molecule has 0 radical (unpaired) electrons. The molecule has 0 aliphatic rings. The van der Waals surface area contributed by atoms with Crippen molar-refractivity contribution < 1.29 is 14.4 Å². The molecular weight excluding hydrogens is 390 g/mol. The number of amides is 3. The van der Waals surface area contributed by atoms with E-state index in [9.17, 15) is 14.4 Å². The fourth-order valence-electron chi connectivity index (χ4n) is 2.82. The molecule has 3 amide bonds. The number of anilines is 2. The number of nitrogens with two attached hydrogens (primary N) is 2. The summed E-state index contributed by atoms with van der Waals surface area (Å²) >= 11 is 0.793. The molecule has 2 rings (SSSR count). The van der Waals surface area contributed by atoms with E-state index < -0.39 is 23.4 Å². The molecule has 0 saturated heterocycles. The van der Waals surface area contributed by atoms with Crippen molar-refractivity contribution in [2.24, 2.45) is 5.73 Å². The molecule has 8 nitrogen and oxygen atoms in total. The number of primary amides is 1. The molecule has 0 aliphatic heterocycles. The number of hydrogen-bond acceptors (Lipinski definition) is 6. The summed E-state index contributed by atoms with van der Waals surface area (Å²) in [5, 5.41) is 2.93. The summed E-state index contributed by atoms with van der Waals surface area (Å²) in [4.78, 5) is 39.4. The van der Waals surface area contributed by atoms with E-state index in [4.69, 9.17) is 11.5 Å². The summed E-state index contributed by atoms with van der Waals surface area (Å²) in [7, 11) is 0. The molecule has 1 atom stereocenters. The minimum atomic E-state index is -0.808. The van der Waals surface area contributed by atoms with Gasteiger partial charge in [-0.1, -0.05) is 24.6 Å². The number of carbonyl (C=O) groups is 3. The van der Waals surface area contributed by atoms with E-state index in [1.54, 1.807) is 12.1 Å². The highest BCUT2D eigenvalue weighted by Gasteiger charge is 2.34. The smallest absolute Gasteiger partial charge is 0.272 e. The van der Waals surface area contributed by atoms with E-state index in [1.807, 2.05) is 46.8 Å². The molecule has 0 aliphatic carbocycles. The molecule has 9 heteroatoms. The minimum Gasteiger partial charge on any atom is -0.395 e. The van der Waals surface area contributed by atoms with Crippen molar-refractivity contribution in [2.75, 3.05) is 10.6 Å². The largest absolute Gasteiger partial charge is 0.395 e. The van der Waals surface area contributed by atoms with Crippen LogP contribution in [0.25, 0.3) is 0 Å². The van der Waals surface area contributed by atoms with E-state index in [1.165, 1.54) is 4.90 Å². The van der Waals surface area contributed by atoms with Crippen molar-refractivity contribution in [3.05, 3.63) is 40.4 Å². The molecule has 1 unspecified atom stereocenters. The van der Waals surface area contributed by atoms with Crippen LogP contribution >= 0.6 is 11.5 Å². The van der Waals surface area contributed by atoms with Gasteiger partial charge in [-0.15, -0.1) is 0 Å². The Bertz CT molecular complexity index is 915. The van der Waals surface area contributed by atoms with Gasteiger partial charge in [-0.2, -0.15) is 4.37 Å².